The Bertz CT molecular complexity index is 1330. The molecule has 0 aromatic heterocycles. The number of methoxy groups -OCH3 is 1. The van der Waals surface area contributed by atoms with Gasteiger partial charge in [-0.05, 0) is 71.9 Å². The molecule has 0 bridgehead atoms. The van der Waals surface area contributed by atoms with Crippen LogP contribution in [0.2, 0.25) is 0 Å². The van der Waals surface area contributed by atoms with Crippen LogP contribution in [0.3, 0.4) is 0 Å². The second-order valence-corrected chi connectivity index (χ2v) is 13.7. The van der Waals surface area contributed by atoms with Crippen molar-refractivity contribution in [3.8, 4) is 5.75 Å². The molecule has 2 aromatic rings. The number of carbonyl (C=O) groups is 5. The second kappa shape index (κ2) is 18.0. The fourth-order valence-electron chi connectivity index (χ4n) is 4.47. The Morgan fingerprint density at radius 1 is 0.826 bits per heavy atom. The summed E-state index contributed by atoms with van der Waals surface area (Å²) in [4.78, 5) is 61.7. The van der Waals surface area contributed by atoms with Crippen LogP contribution in [0.5, 0.6) is 5.75 Å². The molecule has 4 amide bonds. The zero-order valence-electron chi connectivity index (χ0n) is 27.2. The minimum atomic E-state index is -1.20. The van der Waals surface area contributed by atoms with Crippen LogP contribution >= 0.6 is 11.8 Å². The first kappa shape index (κ1) is 37.9. The summed E-state index contributed by atoms with van der Waals surface area (Å²) < 4.78 is 5.12. The normalized spacial score (nSPS) is 13.2. The smallest absolute Gasteiger partial charge is 0.327 e. The van der Waals surface area contributed by atoms with E-state index < -0.39 is 41.9 Å². The first-order valence-electron chi connectivity index (χ1n) is 15.0. The number of hydrogen-bond acceptors (Lipinski definition) is 7. The van der Waals surface area contributed by atoms with Crippen molar-refractivity contribution >= 4 is 52.9 Å². The summed E-state index contributed by atoms with van der Waals surface area (Å²) in [5.41, 5.74) is 1.46. The third kappa shape index (κ3) is 13.8. The van der Waals surface area contributed by atoms with Crippen molar-refractivity contribution in [3.05, 3.63) is 54.1 Å². The maximum Gasteiger partial charge on any atom is 0.327 e. The molecule has 3 atom stereocenters. The summed E-state index contributed by atoms with van der Waals surface area (Å²) in [6, 6.07) is 10.9. The number of anilines is 2. The maximum atomic E-state index is 13.4. The van der Waals surface area contributed by atoms with Gasteiger partial charge in [-0.15, -0.1) is 0 Å². The molecule has 0 spiro atoms. The first-order chi connectivity index (χ1) is 21.6. The van der Waals surface area contributed by atoms with E-state index in [1.165, 1.54) is 11.8 Å². The molecule has 0 saturated heterocycles. The van der Waals surface area contributed by atoms with E-state index >= 15 is 0 Å². The molecule has 13 heteroatoms. The Morgan fingerprint density at radius 2 is 1.37 bits per heavy atom. The number of nitrogens with one attached hydrogen (secondary N) is 4. The lowest BCUT2D eigenvalue weighted by Gasteiger charge is -2.23. The molecule has 0 aliphatic heterocycles. The average molecular weight is 659 g/mol. The van der Waals surface area contributed by atoms with Crippen LogP contribution in [0.15, 0.2) is 48.5 Å². The number of carbonyl (C=O) groups excluding carboxylic acids is 3. The molecular formula is C33H46N4O8S. The highest BCUT2D eigenvalue weighted by atomic mass is 32.2. The van der Waals surface area contributed by atoms with Crippen LogP contribution in [-0.2, 0) is 19.2 Å². The molecule has 12 nitrogen and oxygen atoms in total. The van der Waals surface area contributed by atoms with Gasteiger partial charge in [0.2, 0.25) is 11.8 Å². The first-order valence-corrected chi connectivity index (χ1v) is 16.2. The summed E-state index contributed by atoms with van der Waals surface area (Å²) in [5, 5.41) is 30.0. The minimum Gasteiger partial charge on any atom is -0.497 e. The van der Waals surface area contributed by atoms with Crippen LogP contribution in [0.1, 0.15) is 65.4 Å². The highest BCUT2D eigenvalue weighted by Crippen LogP contribution is 2.26. The molecule has 3 unspecified atom stereocenters. The molecule has 2 aromatic carbocycles. The van der Waals surface area contributed by atoms with Gasteiger partial charge in [-0.1, -0.05) is 46.8 Å². The quantitative estimate of drug-likeness (QED) is 0.125. The van der Waals surface area contributed by atoms with E-state index in [9.17, 15) is 34.2 Å². The predicted octanol–water partition coefficient (Wildman–Crippen LogP) is 5.17. The monoisotopic (exact) mass is 658 g/mol. The Hall–Kier alpha value is -4.26. The predicted molar refractivity (Wildman–Crippen MR) is 179 cm³/mol. The van der Waals surface area contributed by atoms with E-state index in [4.69, 9.17) is 4.74 Å². The Morgan fingerprint density at radius 3 is 1.85 bits per heavy atom. The van der Waals surface area contributed by atoms with Crippen molar-refractivity contribution in [1.29, 1.82) is 0 Å². The molecule has 0 aliphatic carbocycles. The van der Waals surface area contributed by atoms with Gasteiger partial charge in [0.05, 0.1) is 13.0 Å². The topological polar surface area (TPSA) is 183 Å². The summed E-state index contributed by atoms with van der Waals surface area (Å²) in [6.07, 6.45) is 0.700. The lowest BCUT2D eigenvalue weighted by atomic mass is 9.89. The van der Waals surface area contributed by atoms with E-state index in [0.717, 1.165) is 0 Å². The summed E-state index contributed by atoms with van der Waals surface area (Å²) in [7, 11) is 1.55. The number of amides is 4. The second-order valence-electron chi connectivity index (χ2n) is 12.6. The number of carboxylic acid groups (broad SMARTS) is 2. The molecule has 0 aliphatic rings. The van der Waals surface area contributed by atoms with Gasteiger partial charge in [-0.2, -0.15) is 11.8 Å². The van der Waals surface area contributed by atoms with Gasteiger partial charge in [0, 0.05) is 23.5 Å². The van der Waals surface area contributed by atoms with E-state index in [2.05, 4.69) is 21.3 Å². The number of aliphatic carboxylic acids is 2. The molecule has 46 heavy (non-hydrogen) atoms. The van der Waals surface area contributed by atoms with Gasteiger partial charge >= 0.3 is 18.0 Å². The SMILES string of the molecule is COc1ccc(NC(=O)Nc2ccc(C(CC(C)C)C(=O)NC(CCSCC(NC(=O)CC(C)(C)C)C(=O)O)C(=O)O)cc2)cc1. The van der Waals surface area contributed by atoms with Gasteiger partial charge in [-0.25, -0.2) is 14.4 Å². The van der Waals surface area contributed by atoms with Gasteiger partial charge in [0.25, 0.3) is 0 Å². The molecule has 0 radical (unpaired) electrons. The Balaban J connectivity index is 1.98. The van der Waals surface area contributed by atoms with E-state index in [-0.39, 0.29) is 41.6 Å². The van der Waals surface area contributed by atoms with Gasteiger partial charge < -0.3 is 36.2 Å². The Kier molecular flexibility index (Phi) is 14.9. The number of hydrogen-bond donors (Lipinski definition) is 6. The highest BCUT2D eigenvalue weighted by molar-refractivity contribution is 7.99. The number of urea groups is 1. The zero-order valence-corrected chi connectivity index (χ0v) is 28.0. The summed E-state index contributed by atoms with van der Waals surface area (Å²) in [5.74, 6) is -2.71. The van der Waals surface area contributed by atoms with Gasteiger partial charge in [-0.3, -0.25) is 9.59 Å². The van der Waals surface area contributed by atoms with Crippen LogP contribution < -0.4 is 26.0 Å². The van der Waals surface area contributed by atoms with E-state index in [0.29, 0.717) is 29.1 Å². The molecule has 2 rings (SSSR count). The molecule has 0 saturated carbocycles. The van der Waals surface area contributed by atoms with Crippen molar-refractivity contribution < 1.29 is 38.9 Å². The molecule has 6 N–H and O–H groups in total. The van der Waals surface area contributed by atoms with Crippen molar-refractivity contribution in [3.63, 3.8) is 0 Å². The summed E-state index contributed by atoms with van der Waals surface area (Å²) in [6.45, 7) is 9.56. The Labute approximate surface area is 274 Å². The molecule has 252 valence electrons. The number of benzene rings is 2. The number of thioether (sulfide) groups is 1. The third-order valence-electron chi connectivity index (χ3n) is 6.72. The maximum absolute atomic E-state index is 13.4. The molecular weight excluding hydrogens is 612 g/mol. The van der Waals surface area contributed by atoms with Gasteiger partial charge in [0.15, 0.2) is 0 Å². The van der Waals surface area contributed by atoms with Crippen LogP contribution in [0.25, 0.3) is 0 Å². The highest BCUT2D eigenvalue weighted by Gasteiger charge is 2.28. The number of rotatable bonds is 17. The van der Waals surface area contributed by atoms with Crippen LogP contribution in [0.4, 0.5) is 16.2 Å². The summed E-state index contributed by atoms with van der Waals surface area (Å²) >= 11 is 1.19. The number of ether oxygens (including phenoxy) is 1. The molecule has 0 fully saturated rings. The van der Waals surface area contributed by atoms with Crippen molar-refractivity contribution in [2.24, 2.45) is 11.3 Å². The third-order valence-corrected chi connectivity index (χ3v) is 7.81. The fraction of sp³-hybridized carbons (Fsp3) is 0.485. The van der Waals surface area contributed by atoms with Gasteiger partial charge in [0.1, 0.15) is 17.8 Å². The average Bonchev–Trinajstić information content (AvgIpc) is 2.96. The lowest BCUT2D eigenvalue weighted by molar-refractivity contribution is -0.142. The van der Waals surface area contributed by atoms with Crippen LogP contribution in [-0.4, -0.2) is 70.7 Å². The largest absolute Gasteiger partial charge is 0.497 e. The van der Waals surface area contributed by atoms with E-state index in [1.807, 2.05) is 34.6 Å². The van der Waals surface area contributed by atoms with Crippen molar-refractivity contribution in [1.82, 2.24) is 10.6 Å². The molecule has 0 heterocycles. The number of carboxylic acids is 2. The van der Waals surface area contributed by atoms with E-state index in [1.54, 1.807) is 55.6 Å². The van der Waals surface area contributed by atoms with Crippen molar-refractivity contribution in [2.45, 2.75) is 71.9 Å². The van der Waals surface area contributed by atoms with Crippen LogP contribution in [0, 0.1) is 11.3 Å². The lowest BCUT2D eigenvalue weighted by Crippen LogP contribution is -2.44. The zero-order chi connectivity index (χ0) is 34.4. The van der Waals surface area contributed by atoms with Crippen molar-refractivity contribution in [2.75, 3.05) is 29.2 Å². The fourth-order valence-corrected chi connectivity index (χ4v) is 5.50. The minimum absolute atomic E-state index is 0.0555. The standard InChI is InChI=1S/C33H46N4O8S/c1-20(2)17-25(21-7-9-22(10-8-21)34-32(44)35-23-11-13-24(45-6)14-12-23)29(39)37-26(30(40)41)15-16-46-19-27(31(42)43)36-28(38)18-33(3,4)5/h7-14,20,25-27H,15-19H2,1-6H3,(H,36,38)(H,37,39)(H,40,41)(H,42,43)(H2,34,35,44).